The fourth-order valence-corrected chi connectivity index (χ4v) is 1.71. The van der Waals surface area contributed by atoms with E-state index in [0.717, 1.165) is 18.9 Å². The first kappa shape index (κ1) is 13.5. The molecule has 0 spiro atoms. The number of methoxy groups -OCH3 is 1. The molecule has 94 valence electrons. The van der Waals surface area contributed by atoms with Crippen LogP contribution in [0.5, 0.6) is 0 Å². The Kier molecular flexibility index (Phi) is 6.42. The average Bonchev–Trinajstić information content (AvgIpc) is 2.21. The molecule has 2 N–H and O–H groups in total. The van der Waals surface area contributed by atoms with Gasteiger partial charge >= 0.3 is 0 Å². The minimum Gasteiger partial charge on any atom is -0.385 e. The summed E-state index contributed by atoms with van der Waals surface area (Å²) < 4.78 is 4.92. The number of carbonyl (C=O) groups excluding carboxylic acids is 1. The lowest BCUT2D eigenvalue weighted by Gasteiger charge is -2.27. The van der Waals surface area contributed by atoms with Crippen molar-refractivity contribution >= 4 is 5.91 Å². The van der Waals surface area contributed by atoms with Gasteiger partial charge in [-0.05, 0) is 38.6 Å². The normalized spacial score (nSPS) is 17.9. The Bertz CT molecular complexity index is 205. The van der Waals surface area contributed by atoms with Gasteiger partial charge in [-0.15, -0.1) is 0 Å². The molecule has 0 saturated heterocycles. The van der Waals surface area contributed by atoms with Gasteiger partial charge in [0.2, 0.25) is 5.91 Å². The van der Waals surface area contributed by atoms with Crippen molar-refractivity contribution in [3.63, 3.8) is 0 Å². The van der Waals surface area contributed by atoms with Gasteiger partial charge in [-0.2, -0.15) is 0 Å². The summed E-state index contributed by atoms with van der Waals surface area (Å²) in [6, 6.07) is -0.0804. The molecule has 0 bridgehead atoms. The van der Waals surface area contributed by atoms with Crippen LogP contribution >= 0.6 is 0 Å². The fraction of sp³-hybridized carbons (Fsp3) is 0.917. The van der Waals surface area contributed by atoms with Crippen molar-refractivity contribution in [1.82, 2.24) is 10.6 Å². The van der Waals surface area contributed by atoms with E-state index in [0.29, 0.717) is 13.2 Å². The second-order valence-electron chi connectivity index (χ2n) is 4.56. The van der Waals surface area contributed by atoms with E-state index in [-0.39, 0.29) is 11.9 Å². The Hall–Kier alpha value is -0.610. The lowest BCUT2D eigenvalue weighted by atomic mass is 9.85. The molecule has 1 fully saturated rings. The van der Waals surface area contributed by atoms with Crippen LogP contribution in [0, 0.1) is 5.92 Å². The summed E-state index contributed by atoms with van der Waals surface area (Å²) in [6.07, 6.45) is 4.85. The van der Waals surface area contributed by atoms with Gasteiger partial charge in [0.1, 0.15) is 0 Å². The molecular formula is C12H24N2O2. The minimum absolute atomic E-state index is 0.0804. The summed E-state index contributed by atoms with van der Waals surface area (Å²) in [4.78, 5) is 11.6. The average molecular weight is 228 g/mol. The van der Waals surface area contributed by atoms with Gasteiger partial charge in [0, 0.05) is 20.3 Å². The van der Waals surface area contributed by atoms with Gasteiger partial charge in [-0.1, -0.05) is 6.42 Å². The third-order valence-corrected chi connectivity index (χ3v) is 3.16. The van der Waals surface area contributed by atoms with Crippen LogP contribution in [0.2, 0.25) is 0 Å². The highest BCUT2D eigenvalue weighted by Crippen LogP contribution is 2.25. The first-order valence-corrected chi connectivity index (χ1v) is 6.24. The number of nitrogens with one attached hydrogen (secondary N) is 2. The van der Waals surface area contributed by atoms with Gasteiger partial charge in [-0.25, -0.2) is 0 Å². The first-order valence-electron chi connectivity index (χ1n) is 6.24. The largest absolute Gasteiger partial charge is 0.385 e. The maximum atomic E-state index is 11.6. The van der Waals surface area contributed by atoms with Crippen LogP contribution in [-0.2, 0) is 9.53 Å². The minimum atomic E-state index is -0.0804. The van der Waals surface area contributed by atoms with E-state index >= 15 is 0 Å². The molecule has 1 atom stereocenters. The number of amides is 1. The Labute approximate surface area is 98.1 Å². The second-order valence-corrected chi connectivity index (χ2v) is 4.56. The molecule has 1 aliphatic carbocycles. The molecule has 1 rings (SSSR count). The van der Waals surface area contributed by atoms with E-state index in [1.54, 1.807) is 7.11 Å². The Balaban J connectivity index is 2.00. The van der Waals surface area contributed by atoms with Crippen LogP contribution in [0.4, 0.5) is 0 Å². The molecule has 16 heavy (non-hydrogen) atoms. The topological polar surface area (TPSA) is 50.4 Å². The van der Waals surface area contributed by atoms with Crippen LogP contribution < -0.4 is 10.6 Å². The second kappa shape index (κ2) is 7.63. The van der Waals surface area contributed by atoms with Crippen LogP contribution in [-0.4, -0.2) is 38.8 Å². The molecule has 0 radical (unpaired) electrons. The number of rotatable bonds is 8. The standard InChI is InChI=1S/C12H24N2O2/c1-10(14-9-11-5-3-6-11)12(15)13-7-4-8-16-2/h10-11,14H,3-9H2,1-2H3,(H,13,15). The molecule has 1 amide bonds. The summed E-state index contributed by atoms with van der Waals surface area (Å²) in [5.41, 5.74) is 0. The zero-order valence-electron chi connectivity index (χ0n) is 10.4. The van der Waals surface area contributed by atoms with Gasteiger partial charge in [-0.3, -0.25) is 4.79 Å². The molecule has 0 aliphatic heterocycles. The Morgan fingerprint density at radius 3 is 2.81 bits per heavy atom. The van der Waals surface area contributed by atoms with Crippen LogP contribution in [0.25, 0.3) is 0 Å². The Morgan fingerprint density at radius 1 is 1.50 bits per heavy atom. The number of hydrogen-bond acceptors (Lipinski definition) is 3. The summed E-state index contributed by atoms with van der Waals surface area (Å²) in [5.74, 6) is 0.888. The molecule has 1 unspecified atom stereocenters. The van der Waals surface area contributed by atoms with E-state index in [2.05, 4.69) is 10.6 Å². The van der Waals surface area contributed by atoms with Gasteiger partial charge in [0.25, 0.3) is 0 Å². The van der Waals surface area contributed by atoms with Crippen LogP contribution in [0.15, 0.2) is 0 Å². The third kappa shape index (κ3) is 4.94. The Morgan fingerprint density at radius 2 is 2.25 bits per heavy atom. The summed E-state index contributed by atoms with van der Waals surface area (Å²) in [5, 5.41) is 6.18. The van der Waals surface area contributed by atoms with Gasteiger partial charge in [0.15, 0.2) is 0 Å². The van der Waals surface area contributed by atoms with E-state index in [4.69, 9.17) is 4.74 Å². The highest BCUT2D eigenvalue weighted by atomic mass is 16.5. The quantitative estimate of drug-likeness (QED) is 0.607. The van der Waals surface area contributed by atoms with Crippen LogP contribution in [0.1, 0.15) is 32.6 Å². The monoisotopic (exact) mass is 228 g/mol. The molecule has 1 aliphatic rings. The van der Waals surface area contributed by atoms with E-state index < -0.39 is 0 Å². The van der Waals surface area contributed by atoms with Crippen molar-refractivity contribution in [2.75, 3.05) is 26.8 Å². The molecule has 1 saturated carbocycles. The summed E-state index contributed by atoms with van der Waals surface area (Å²) >= 11 is 0. The zero-order chi connectivity index (χ0) is 11.8. The number of hydrogen-bond donors (Lipinski definition) is 2. The lowest BCUT2D eigenvalue weighted by Crippen LogP contribution is -2.44. The van der Waals surface area contributed by atoms with Crippen molar-refractivity contribution in [1.29, 1.82) is 0 Å². The van der Waals surface area contributed by atoms with E-state index in [9.17, 15) is 4.79 Å². The SMILES string of the molecule is COCCCNC(=O)C(C)NCC1CCC1. The highest BCUT2D eigenvalue weighted by molar-refractivity contribution is 5.81. The van der Waals surface area contributed by atoms with Gasteiger partial charge < -0.3 is 15.4 Å². The predicted octanol–water partition coefficient (Wildman–Crippen LogP) is 0.917. The number of carbonyl (C=O) groups is 1. The van der Waals surface area contributed by atoms with Crippen LogP contribution in [0.3, 0.4) is 0 Å². The van der Waals surface area contributed by atoms with Crippen molar-refractivity contribution in [3.8, 4) is 0 Å². The maximum Gasteiger partial charge on any atom is 0.236 e. The lowest BCUT2D eigenvalue weighted by molar-refractivity contribution is -0.122. The van der Waals surface area contributed by atoms with Gasteiger partial charge in [0.05, 0.1) is 6.04 Å². The molecule has 0 aromatic rings. The molecule has 0 heterocycles. The molecule has 4 heteroatoms. The highest BCUT2D eigenvalue weighted by Gasteiger charge is 2.19. The predicted molar refractivity (Wildman–Crippen MR) is 64.3 cm³/mol. The zero-order valence-corrected chi connectivity index (χ0v) is 10.4. The van der Waals surface area contributed by atoms with Crippen molar-refractivity contribution < 1.29 is 9.53 Å². The smallest absolute Gasteiger partial charge is 0.236 e. The molecule has 4 nitrogen and oxygen atoms in total. The summed E-state index contributed by atoms with van der Waals surface area (Å²) in [6.45, 7) is 4.29. The van der Waals surface area contributed by atoms with E-state index in [1.807, 2.05) is 6.92 Å². The molecule has 0 aromatic carbocycles. The maximum absolute atomic E-state index is 11.6. The van der Waals surface area contributed by atoms with Crippen molar-refractivity contribution in [3.05, 3.63) is 0 Å². The van der Waals surface area contributed by atoms with Crippen molar-refractivity contribution in [2.45, 2.75) is 38.6 Å². The molecular weight excluding hydrogens is 204 g/mol. The fourth-order valence-electron chi connectivity index (χ4n) is 1.71. The summed E-state index contributed by atoms with van der Waals surface area (Å²) in [7, 11) is 1.67. The van der Waals surface area contributed by atoms with E-state index in [1.165, 1.54) is 19.3 Å². The first-order chi connectivity index (χ1) is 7.74. The molecule has 0 aromatic heterocycles. The van der Waals surface area contributed by atoms with Crippen molar-refractivity contribution in [2.24, 2.45) is 5.92 Å². The third-order valence-electron chi connectivity index (χ3n) is 3.16. The number of ether oxygens (including phenoxy) is 1.